The van der Waals surface area contributed by atoms with E-state index in [4.69, 9.17) is 12.2 Å². The molecule has 16 heavy (non-hydrogen) atoms. The molecule has 3 nitrogen and oxygen atoms in total. The number of rotatable bonds is 3. The van der Waals surface area contributed by atoms with E-state index in [2.05, 4.69) is 5.32 Å². The van der Waals surface area contributed by atoms with Crippen LogP contribution in [0.4, 0.5) is 0 Å². The first-order valence-electron chi connectivity index (χ1n) is 5.44. The molecule has 1 aliphatic rings. The highest BCUT2D eigenvalue weighted by atomic mass is 32.1. The molecule has 1 saturated heterocycles. The van der Waals surface area contributed by atoms with Gasteiger partial charge in [0.2, 0.25) is 0 Å². The Morgan fingerprint density at radius 1 is 1.44 bits per heavy atom. The highest BCUT2D eigenvalue weighted by molar-refractivity contribution is 7.80. The second-order valence-electron chi connectivity index (χ2n) is 4.10. The zero-order valence-corrected chi connectivity index (χ0v) is 10.1. The van der Waals surface area contributed by atoms with Crippen molar-refractivity contribution in [2.75, 3.05) is 19.6 Å². The molecule has 0 aliphatic carbocycles. The first-order chi connectivity index (χ1) is 7.66. The quantitative estimate of drug-likeness (QED) is 0.774. The Hall–Kier alpha value is -1.13. The lowest BCUT2D eigenvalue weighted by Crippen LogP contribution is -2.31. The monoisotopic (exact) mass is 236 g/mol. The number of β-amino-alcohol motifs (C(OH)–C–C–N with tert-alkyl or cyclic N) is 1. The number of aliphatic hydroxyl groups excluding tert-OH is 1. The molecule has 0 spiro atoms. The molecule has 1 aliphatic heterocycles. The Morgan fingerprint density at radius 2 is 2.12 bits per heavy atom. The van der Waals surface area contributed by atoms with Crippen molar-refractivity contribution in [1.29, 1.82) is 0 Å². The molecule has 0 amide bonds. The maximum absolute atomic E-state index is 10.1. The van der Waals surface area contributed by atoms with Crippen LogP contribution < -0.4 is 5.32 Å². The van der Waals surface area contributed by atoms with Crippen LogP contribution in [-0.4, -0.2) is 34.8 Å². The van der Waals surface area contributed by atoms with Crippen LogP contribution in [0, 0.1) is 6.92 Å². The predicted molar refractivity (Wildman–Crippen MR) is 68.3 cm³/mol. The van der Waals surface area contributed by atoms with Gasteiger partial charge >= 0.3 is 0 Å². The molecule has 1 heterocycles. The van der Waals surface area contributed by atoms with Gasteiger partial charge in [0.25, 0.3) is 0 Å². The van der Waals surface area contributed by atoms with E-state index in [0.29, 0.717) is 6.54 Å². The number of nitrogens with one attached hydrogen (secondary N) is 1. The third-order valence-corrected chi connectivity index (χ3v) is 3.20. The fourth-order valence-corrected chi connectivity index (χ4v) is 2.06. The lowest BCUT2D eigenvalue weighted by Gasteiger charge is -2.20. The minimum absolute atomic E-state index is 0.474. The smallest absolute Gasteiger partial charge is 0.169 e. The summed E-state index contributed by atoms with van der Waals surface area (Å²) >= 11 is 5.13. The average molecular weight is 236 g/mol. The van der Waals surface area contributed by atoms with Crippen molar-refractivity contribution in [3.8, 4) is 0 Å². The first-order valence-corrected chi connectivity index (χ1v) is 5.85. The van der Waals surface area contributed by atoms with Crippen LogP contribution in [0.15, 0.2) is 24.3 Å². The van der Waals surface area contributed by atoms with Crippen LogP contribution in [0.2, 0.25) is 0 Å². The van der Waals surface area contributed by atoms with Crippen LogP contribution in [0.3, 0.4) is 0 Å². The molecule has 0 bridgehead atoms. The Bertz CT molecular complexity index is 377. The second-order valence-corrected chi connectivity index (χ2v) is 4.49. The minimum atomic E-state index is -0.474. The summed E-state index contributed by atoms with van der Waals surface area (Å²) in [6.45, 7) is 4.35. The zero-order valence-electron chi connectivity index (χ0n) is 9.31. The molecule has 0 aromatic heterocycles. The van der Waals surface area contributed by atoms with Gasteiger partial charge in [-0.05, 0) is 24.7 Å². The summed E-state index contributed by atoms with van der Waals surface area (Å²) in [5.74, 6) is 0. The molecule has 1 aromatic carbocycles. The predicted octanol–water partition coefficient (Wildman–Crippen LogP) is 1.22. The van der Waals surface area contributed by atoms with Crippen molar-refractivity contribution in [3.05, 3.63) is 35.4 Å². The van der Waals surface area contributed by atoms with Gasteiger partial charge in [-0.1, -0.05) is 29.8 Å². The third kappa shape index (κ3) is 2.51. The molecule has 2 rings (SSSR count). The van der Waals surface area contributed by atoms with Crippen molar-refractivity contribution in [3.63, 3.8) is 0 Å². The Labute approximate surface area is 101 Å². The van der Waals surface area contributed by atoms with Crippen molar-refractivity contribution < 1.29 is 5.11 Å². The fourth-order valence-electron chi connectivity index (χ4n) is 1.79. The van der Waals surface area contributed by atoms with Crippen LogP contribution in [0.25, 0.3) is 0 Å². The number of thiocarbonyl (C=S) groups is 1. The average Bonchev–Trinajstić information content (AvgIpc) is 2.65. The Kier molecular flexibility index (Phi) is 3.41. The van der Waals surface area contributed by atoms with Crippen LogP contribution >= 0.6 is 12.2 Å². The van der Waals surface area contributed by atoms with E-state index in [1.165, 1.54) is 5.56 Å². The summed E-state index contributed by atoms with van der Waals surface area (Å²) in [4.78, 5) is 2.00. The molecule has 4 heteroatoms. The fraction of sp³-hybridized carbons (Fsp3) is 0.417. The highest BCUT2D eigenvalue weighted by Crippen LogP contribution is 2.15. The van der Waals surface area contributed by atoms with Gasteiger partial charge in [-0.25, -0.2) is 0 Å². The van der Waals surface area contributed by atoms with Gasteiger partial charge in [0.1, 0.15) is 0 Å². The third-order valence-electron chi connectivity index (χ3n) is 2.80. The number of hydrogen-bond donors (Lipinski definition) is 2. The van der Waals surface area contributed by atoms with E-state index < -0.39 is 6.10 Å². The van der Waals surface area contributed by atoms with Crippen LogP contribution in [-0.2, 0) is 0 Å². The molecule has 1 unspecified atom stereocenters. The summed E-state index contributed by atoms with van der Waals surface area (Å²) < 4.78 is 0. The van der Waals surface area contributed by atoms with Gasteiger partial charge in [0.15, 0.2) is 5.11 Å². The Morgan fingerprint density at radius 3 is 2.69 bits per heavy atom. The van der Waals surface area contributed by atoms with Crippen molar-refractivity contribution in [2.45, 2.75) is 13.0 Å². The maximum Gasteiger partial charge on any atom is 0.169 e. The van der Waals surface area contributed by atoms with Gasteiger partial charge in [0, 0.05) is 13.1 Å². The van der Waals surface area contributed by atoms with Gasteiger partial charge in [-0.15, -0.1) is 0 Å². The standard InChI is InChI=1S/C12H16N2OS/c1-9-2-4-10(5-3-9)11(15)8-14-7-6-13-12(14)16/h2-5,11,15H,6-8H2,1H3,(H,13,16). The Balaban J connectivity index is 1.99. The van der Waals surface area contributed by atoms with E-state index >= 15 is 0 Å². The maximum atomic E-state index is 10.1. The molecule has 1 atom stereocenters. The van der Waals surface area contributed by atoms with Crippen molar-refractivity contribution in [1.82, 2.24) is 10.2 Å². The highest BCUT2D eigenvalue weighted by Gasteiger charge is 2.19. The number of benzene rings is 1. The number of nitrogens with zero attached hydrogens (tertiary/aromatic N) is 1. The molecule has 1 aromatic rings. The summed E-state index contributed by atoms with van der Waals surface area (Å²) in [6.07, 6.45) is -0.474. The van der Waals surface area contributed by atoms with E-state index in [0.717, 1.165) is 23.8 Å². The zero-order chi connectivity index (χ0) is 11.5. The van der Waals surface area contributed by atoms with Gasteiger partial charge in [-0.3, -0.25) is 0 Å². The lowest BCUT2D eigenvalue weighted by atomic mass is 10.1. The molecule has 86 valence electrons. The molecule has 2 N–H and O–H groups in total. The van der Waals surface area contributed by atoms with Gasteiger partial charge < -0.3 is 15.3 Å². The van der Waals surface area contributed by atoms with Crippen molar-refractivity contribution >= 4 is 17.3 Å². The first kappa shape index (κ1) is 11.4. The summed E-state index contributed by atoms with van der Waals surface area (Å²) in [5, 5.41) is 13.9. The molecule has 1 fully saturated rings. The second kappa shape index (κ2) is 4.80. The van der Waals surface area contributed by atoms with E-state index in [9.17, 15) is 5.11 Å². The molecule has 0 radical (unpaired) electrons. The summed E-state index contributed by atoms with van der Waals surface area (Å²) in [7, 11) is 0. The van der Waals surface area contributed by atoms with Crippen LogP contribution in [0.5, 0.6) is 0 Å². The SMILES string of the molecule is Cc1ccc(C(O)CN2CCNC2=S)cc1. The van der Waals surface area contributed by atoms with E-state index in [1.54, 1.807) is 0 Å². The van der Waals surface area contributed by atoms with Crippen LogP contribution in [0.1, 0.15) is 17.2 Å². The van der Waals surface area contributed by atoms with Gasteiger partial charge in [0.05, 0.1) is 12.6 Å². The van der Waals surface area contributed by atoms with Crippen molar-refractivity contribution in [2.24, 2.45) is 0 Å². The largest absolute Gasteiger partial charge is 0.387 e. The lowest BCUT2D eigenvalue weighted by molar-refractivity contribution is 0.149. The summed E-state index contributed by atoms with van der Waals surface area (Å²) in [5.41, 5.74) is 2.15. The van der Waals surface area contributed by atoms with Gasteiger partial charge in [-0.2, -0.15) is 0 Å². The summed E-state index contributed by atoms with van der Waals surface area (Å²) in [6, 6.07) is 7.96. The molecule has 0 saturated carbocycles. The van der Waals surface area contributed by atoms with E-state index in [1.807, 2.05) is 36.1 Å². The number of aliphatic hydroxyl groups is 1. The normalized spacial score (nSPS) is 17.4. The minimum Gasteiger partial charge on any atom is -0.387 e. The number of aryl methyl sites for hydroxylation is 1. The molecular weight excluding hydrogens is 220 g/mol. The molecular formula is C12H16N2OS. The van der Waals surface area contributed by atoms with E-state index in [-0.39, 0.29) is 0 Å². The topological polar surface area (TPSA) is 35.5 Å². The number of hydrogen-bond acceptors (Lipinski definition) is 2.